The fraction of sp³-hybridized carbons (Fsp3) is 0.125. The van der Waals surface area contributed by atoms with Crippen LogP contribution in [0.3, 0.4) is 0 Å². The van der Waals surface area contributed by atoms with Crippen LogP contribution in [0.25, 0.3) is 0 Å². The summed E-state index contributed by atoms with van der Waals surface area (Å²) in [6, 6.07) is 19.2. The molecule has 0 aromatic heterocycles. The van der Waals surface area contributed by atoms with Crippen molar-refractivity contribution >= 4 is 40.9 Å². The first-order valence-corrected chi connectivity index (χ1v) is 10.5. The van der Waals surface area contributed by atoms with Crippen LogP contribution < -0.4 is 10.6 Å². The van der Waals surface area contributed by atoms with Crippen molar-refractivity contribution in [3.63, 3.8) is 0 Å². The van der Waals surface area contributed by atoms with Crippen LogP contribution >= 0.6 is 11.8 Å². The average Bonchev–Trinajstić information content (AvgIpc) is 2.74. The van der Waals surface area contributed by atoms with E-state index in [1.54, 1.807) is 31.2 Å². The molecular formula is C24H22N2O4S. The van der Waals surface area contributed by atoms with Gasteiger partial charge in [0.15, 0.2) is 0 Å². The predicted molar refractivity (Wildman–Crippen MR) is 123 cm³/mol. The maximum atomic E-state index is 12.3. The number of nitrogens with one attached hydrogen (secondary N) is 2. The van der Waals surface area contributed by atoms with Gasteiger partial charge in [-0.05, 0) is 67.9 Å². The number of carboxylic acids is 1. The lowest BCUT2D eigenvalue weighted by molar-refractivity contribution is -0.113. The van der Waals surface area contributed by atoms with Gasteiger partial charge in [0.2, 0.25) is 5.91 Å². The quantitative estimate of drug-likeness (QED) is 0.456. The van der Waals surface area contributed by atoms with Crippen molar-refractivity contribution in [3.05, 3.63) is 89.0 Å². The van der Waals surface area contributed by atoms with Gasteiger partial charge < -0.3 is 15.7 Å². The minimum atomic E-state index is -1.04. The Bertz CT molecular complexity index is 1130. The van der Waals surface area contributed by atoms with Crippen LogP contribution in [0.1, 0.15) is 31.8 Å². The SMILES string of the molecule is Cc1cccc(C(=O)Nc2ccc(SCC(=O)Nc3cc(C(=O)O)ccc3C)cc2)c1. The Labute approximate surface area is 184 Å². The summed E-state index contributed by atoms with van der Waals surface area (Å²) in [7, 11) is 0. The average molecular weight is 435 g/mol. The smallest absolute Gasteiger partial charge is 0.335 e. The third kappa shape index (κ3) is 6.20. The maximum Gasteiger partial charge on any atom is 0.335 e. The van der Waals surface area contributed by atoms with Crippen LogP contribution in [0.4, 0.5) is 11.4 Å². The highest BCUT2D eigenvalue weighted by atomic mass is 32.2. The highest BCUT2D eigenvalue weighted by molar-refractivity contribution is 8.00. The molecule has 0 aliphatic carbocycles. The first kappa shape index (κ1) is 22.1. The summed E-state index contributed by atoms with van der Waals surface area (Å²) in [5.74, 6) is -1.28. The van der Waals surface area contributed by atoms with E-state index < -0.39 is 5.97 Å². The van der Waals surface area contributed by atoms with Gasteiger partial charge >= 0.3 is 5.97 Å². The van der Waals surface area contributed by atoms with Crippen LogP contribution in [0.2, 0.25) is 0 Å². The van der Waals surface area contributed by atoms with Gasteiger partial charge in [-0.25, -0.2) is 4.79 Å². The lowest BCUT2D eigenvalue weighted by Gasteiger charge is -2.10. The minimum absolute atomic E-state index is 0.122. The van der Waals surface area contributed by atoms with Crippen molar-refractivity contribution in [1.29, 1.82) is 0 Å². The zero-order chi connectivity index (χ0) is 22.4. The van der Waals surface area contributed by atoms with Gasteiger partial charge in [0.1, 0.15) is 0 Å². The van der Waals surface area contributed by atoms with Crippen molar-refractivity contribution in [2.24, 2.45) is 0 Å². The van der Waals surface area contributed by atoms with E-state index in [2.05, 4.69) is 10.6 Å². The first-order valence-electron chi connectivity index (χ1n) is 9.56. The van der Waals surface area contributed by atoms with Crippen molar-refractivity contribution in [2.75, 3.05) is 16.4 Å². The normalized spacial score (nSPS) is 10.4. The second kappa shape index (κ2) is 9.95. The van der Waals surface area contributed by atoms with E-state index in [0.717, 1.165) is 16.0 Å². The van der Waals surface area contributed by atoms with Gasteiger partial charge in [-0.2, -0.15) is 0 Å². The fourth-order valence-corrected chi connectivity index (χ4v) is 3.55. The summed E-state index contributed by atoms with van der Waals surface area (Å²) in [6.07, 6.45) is 0. The molecule has 0 aliphatic heterocycles. The maximum absolute atomic E-state index is 12.3. The number of benzene rings is 3. The molecule has 158 valence electrons. The topological polar surface area (TPSA) is 95.5 Å². The molecule has 0 saturated carbocycles. The molecular weight excluding hydrogens is 412 g/mol. The number of carbonyl (C=O) groups is 3. The molecule has 0 unspecified atom stereocenters. The number of carbonyl (C=O) groups excluding carboxylic acids is 2. The third-order valence-electron chi connectivity index (χ3n) is 4.52. The molecule has 3 aromatic carbocycles. The number of rotatable bonds is 7. The molecule has 0 bridgehead atoms. The summed E-state index contributed by atoms with van der Waals surface area (Å²) < 4.78 is 0. The van der Waals surface area contributed by atoms with Crippen molar-refractivity contribution in [2.45, 2.75) is 18.7 Å². The summed E-state index contributed by atoms with van der Waals surface area (Å²) >= 11 is 1.35. The Hall–Kier alpha value is -3.58. The van der Waals surface area contributed by atoms with Gasteiger partial charge in [0.05, 0.1) is 11.3 Å². The molecule has 3 N–H and O–H groups in total. The fourth-order valence-electron chi connectivity index (χ4n) is 2.85. The predicted octanol–water partition coefficient (Wildman–Crippen LogP) is 4.98. The summed E-state index contributed by atoms with van der Waals surface area (Å²) in [5, 5.41) is 14.7. The van der Waals surface area contributed by atoms with E-state index in [1.807, 2.05) is 37.3 Å². The lowest BCUT2D eigenvalue weighted by atomic mass is 10.1. The van der Waals surface area contributed by atoms with Crippen LogP contribution in [0.15, 0.2) is 71.6 Å². The number of hydrogen-bond acceptors (Lipinski definition) is 4. The largest absolute Gasteiger partial charge is 0.478 e. The highest BCUT2D eigenvalue weighted by Gasteiger charge is 2.10. The second-order valence-electron chi connectivity index (χ2n) is 7.02. The molecule has 6 nitrogen and oxygen atoms in total. The van der Waals surface area contributed by atoms with Crippen LogP contribution in [-0.2, 0) is 4.79 Å². The van der Waals surface area contributed by atoms with Gasteiger partial charge in [0, 0.05) is 21.8 Å². The molecule has 3 aromatic rings. The molecule has 0 fully saturated rings. The first-order chi connectivity index (χ1) is 14.8. The zero-order valence-corrected chi connectivity index (χ0v) is 18.0. The van der Waals surface area contributed by atoms with E-state index in [-0.39, 0.29) is 23.1 Å². The molecule has 0 saturated heterocycles. The van der Waals surface area contributed by atoms with E-state index in [9.17, 15) is 14.4 Å². The monoisotopic (exact) mass is 434 g/mol. The van der Waals surface area contributed by atoms with Gasteiger partial charge in [-0.3, -0.25) is 9.59 Å². The van der Waals surface area contributed by atoms with Crippen molar-refractivity contribution in [1.82, 2.24) is 0 Å². The second-order valence-corrected chi connectivity index (χ2v) is 8.07. The number of aryl methyl sites for hydroxylation is 2. The van der Waals surface area contributed by atoms with Gasteiger partial charge in [-0.1, -0.05) is 23.8 Å². The standard InChI is InChI=1S/C24H22N2O4S/c1-15-4-3-5-17(12-15)23(28)25-19-8-10-20(11-9-19)31-14-22(27)26-21-13-18(24(29)30)7-6-16(21)2/h3-13H,14H2,1-2H3,(H,25,28)(H,26,27)(H,29,30). The molecule has 7 heteroatoms. The molecule has 0 heterocycles. The van der Waals surface area contributed by atoms with E-state index >= 15 is 0 Å². The molecule has 3 rings (SSSR count). The summed E-state index contributed by atoms with van der Waals surface area (Å²) in [5.41, 5.74) is 3.68. The summed E-state index contributed by atoms with van der Waals surface area (Å²) in [4.78, 5) is 36.6. The van der Waals surface area contributed by atoms with E-state index in [0.29, 0.717) is 16.9 Å². The Morgan fingerprint density at radius 1 is 0.871 bits per heavy atom. The molecule has 31 heavy (non-hydrogen) atoms. The van der Waals surface area contributed by atoms with Crippen LogP contribution in [0, 0.1) is 13.8 Å². The van der Waals surface area contributed by atoms with Gasteiger partial charge in [0.25, 0.3) is 5.91 Å². The van der Waals surface area contributed by atoms with Crippen LogP contribution in [0.5, 0.6) is 0 Å². The van der Waals surface area contributed by atoms with Crippen molar-refractivity contribution in [3.8, 4) is 0 Å². The number of thioether (sulfide) groups is 1. The van der Waals surface area contributed by atoms with Gasteiger partial charge in [-0.15, -0.1) is 11.8 Å². The summed E-state index contributed by atoms with van der Waals surface area (Å²) in [6.45, 7) is 3.74. The van der Waals surface area contributed by atoms with E-state index in [4.69, 9.17) is 5.11 Å². The molecule has 0 atom stereocenters. The Balaban J connectivity index is 1.54. The Morgan fingerprint density at radius 3 is 2.29 bits per heavy atom. The minimum Gasteiger partial charge on any atom is -0.478 e. The lowest BCUT2D eigenvalue weighted by Crippen LogP contribution is -2.15. The molecule has 0 aliphatic rings. The molecule has 0 radical (unpaired) electrons. The Kier molecular flexibility index (Phi) is 7.10. The Morgan fingerprint density at radius 2 is 1.61 bits per heavy atom. The zero-order valence-electron chi connectivity index (χ0n) is 17.1. The number of anilines is 2. The van der Waals surface area contributed by atoms with Crippen LogP contribution in [-0.4, -0.2) is 28.6 Å². The molecule has 0 spiro atoms. The third-order valence-corrected chi connectivity index (χ3v) is 5.53. The van der Waals surface area contributed by atoms with Crippen molar-refractivity contribution < 1.29 is 19.5 Å². The highest BCUT2D eigenvalue weighted by Crippen LogP contribution is 2.22. The number of amides is 2. The number of hydrogen-bond donors (Lipinski definition) is 3. The number of carboxylic acid groups (broad SMARTS) is 1. The number of aromatic carboxylic acids is 1. The molecule has 2 amide bonds. The van der Waals surface area contributed by atoms with E-state index in [1.165, 1.54) is 23.9 Å².